The molecule has 4 heterocycles. The molecule has 4 aromatic rings. The highest BCUT2D eigenvalue weighted by atomic mass is 79.9. The fourth-order valence-electron chi connectivity index (χ4n) is 7.36. The van der Waals surface area contributed by atoms with Gasteiger partial charge in [-0.05, 0) is 112 Å². The molecule has 0 aliphatic carbocycles. The Morgan fingerprint density at radius 2 is 1.08 bits per heavy atom. The number of nitrogens with one attached hydrogen (secondary N) is 2. The number of rotatable bonds is 4. The van der Waals surface area contributed by atoms with Crippen LogP contribution in [0.5, 0.6) is 0 Å². The SMILES string of the molecule is CC(C)(C)OC(=O)N1CCC(NC(=O)c2c(C(C)(C)C)n(C(=O)O)c3ccc(Br)cc23)C1.CC(C)(C)OC(=O)N1CCC(NC(=O)c2nn(C(=O)OC(C)(C)C)c3ccc(Br)cc23)C1. The van der Waals surface area contributed by atoms with Crippen LogP contribution in [0.25, 0.3) is 21.8 Å². The molecular weight excluding hydrogens is 958 g/mol. The molecule has 6 rings (SSSR count). The molecule has 3 N–H and O–H groups in total. The second-order valence-corrected chi connectivity index (χ2v) is 21.8. The average Bonchev–Trinajstić information content (AvgIpc) is 3.93. The minimum atomic E-state index is -1.14. The van der Waals surface area contributed by atoms with Gasteiger partial charge in [-0.15, -0.1) is 0 Å². The van der Waals surface area contributed by atoms with E-state index in [4.69, 9.17) is 14.2 Å². The largest absolute Gasteiger partial charge is 0.464 e. The van der Waals surface area contributed by atoms with Gasteiger partial charge in [0.15, 0.2) is 5.69 Å². The first kappa shape index (κ1) is 49.8. The Balaban J connectivity index is 0.000000241. The fourth-order valence-corrected chi connectivity index (χ4v) is 8.08. The molecular formula is C45H59Br2N7O10. The van der Waals surface area contributed by atoms with E-state index in [0.717, 1.165) is 13.6 Å². The van der Waals surface area contributed by atoms with E-state index in [1.165, 1.54) is 4.57 Å². The van der Waals surface area contributed by atoms with E-state index < -0.39 is 52.5 Å². The zero-order valence-corrected chi connectivity index (χ0v) is 41.6. The summed E-state index contributed by atoms with van der Waals surface area (Å²) in [7, 11) is 0. The summed E-state index contributed by atoms with van der Waals surface area (Å²) >= 11 is 6.83. The van der Waals surface area contributed by atoms with Crippen LogP contribution in [0, 0.1) is 0 Å². The molecule has 19 heteroatoms. The Morgan fingerprint density at radius 3 is 1.53 bits per heavy atom. The van der Waals surface area contributed by atoms with Gasteiger partial charge in [0, 0.05) is 69.1 Å². The third-order valence-corrected chi connectivity index (χ3v) is 10.8. The van der Waals surface area contributed by atoms with Crippen LogP contribution in [0.1, 0.15) is 122 Å². The number of carbonyl (C=O) groups excluding carboxylic acids is 5. The van der Waals surface area contributed by atoms with E-state index in [2.05, 4.69) is 47.6 Å². The molecule has 2 aromatic heterocycles. The molecule has 2 aliphatic rings. The zero-order chi connectivity index (χ0) is 47.9. The van der Waals surface area contributed by atoms with Gasteiger partial charge in [-0.25, -0.2) is 23.7 Å². The van der Waals surface area contributed by atoms with Crippen molar-refractivity contribution in [1.29, 1.82) is 0 Å². The highest BCUT2D eigenvalue weighted by Gasteiger charge is 2.36. The maximum Gasteiger partial charge on any atom is 0.435 e. The van der Waals surface area contributed by atoms with Crippen LogP contribution >= 0.6 is 31.9 Å². The number of carbonyl (C=O) groups is 6. The van der Waals surface area contributed by atoms with Gasteiger partial charge in [-0.3, -0.25) is 9.59 Å². The number of aromatic nitrogens is 3. The average molecular weight is 1020 g/mol. The second kappa shape index (κ2) is 18.7. The quantitative estimate of drug-likeness (QED) is 0.164. The van der Waals surface area contributed by atoms with Crippen LogP contribution in [0.3, 0.4) is 0 Å². The Kier molecular flexibility index (Phi) is 14.6. The topological polar surface area (TPSA) is 204 Å². The molecule has 2 saturated heterocycles. The summed E-state index contributed by atoms with van der Waals surface area (Å²) in [6, 6.07) is 9.92. The maximum atomic E-state index is 13.5. The standard InChI is InChI=1S/C23H30BrN3O5.C22H29BrN4O5/c1-22(2,3)18-17(15-11-13(24)7-8-16(15)27(18)20(29)30)19(28)25-14-9-10-26(12-14)21(31)32-23(4,5)6;1-21(2,3)31-19(29)26-10-9-14(12-26)24-18(28)17-15-11-13(23)7-8-16(15)27(25-17)20(30)32-22(4,5)6/h7-8,11,14H,9-10,12H2,1-6H3,(H,25,28)(H,29,30);7-8,11,14H,9-10,12H2,1-6H3,(H,24,28). The van der Waals surface area contributed by atoms with Gasteiger partial charge in [-0.1, -0.05) is 52.6 Å². The third kappa shape index (κ3) is 12.3. The predicted molar refractivity (Wildman–Crippen MR) is 248 cm³/mol. The van der Waals surface area contributed by atoms with Crippen molar-refractivity contribution in [2.45, 2.75) is 130 Å². The molecule has 0 bridgehead atoms. The van der Waals surface area contributed by atoms with E-state index in [1.807, 2.05) is 62.3 Å². The Hall–Kier alpha value is -5.17. The van der Waals surface area contributed by atoms with Gasteiger partial charge in [0.1, 0.15) is 16.8 Å². The number of fused-ring (bicyclic) bond motifs is 2. The normalized spacial score (nSPS) is 16.9. The molecule has 4 amide bonds. The Morgan fingerprint density at radius 1 is 0.641 bits per heavy atom. The van der Waals surface area contributed by atoms with Crippen molar-refractivity contribution < 1.29 is 48.1 Å². The lowest BCUT2D eigenvalue weighted by molar-refractivity contribution is 0.0280. The Labute approximate surface area is 389 Å². The van der Waals surface area contributed by atoms with Crippen molar-refractivity contribution in [2.24, 2.45) is 0 Å². The van der Waals surface area contributed by atoms with Crippen LogP contribution < -0.4 is 10.6 Å². The van der Waals surface area contributed by atoms with Crippen molar-refractivity contribution in [3.8, 4) is 0 Å². The van der Waals surface area contributed by atoms with Gasteiger partial charge < -0.3 is 39.8 Å². The molecule has 0 spiro atoms. The molecule has 348 valence electrons. The number of amides is 4. The van der Waals surface area contributed by atoms with Gasteiger partial charge >= 0.3 is 24.4 Å². The molecule has 2 aliphatic heterocycles. The molecule has 0 saturated carbocycles. The Bertz CT molecular complexity index is 2470. The summed E-state index contributed by atoms with van der Waals surface area (Å²) in [6.07, 6.45) is -1.43. The monoisotopic (exact) mass is 1020 g/mol. The molecule has 17 nitrogen and oxygen atoms in total. The number of carboxylic acid groups (broad SMARTS) is 1. The van der Waals surface area contributed by atoms with E-state index in [-0.39, 0.29) is 23.7 Å². The first-order valence-corrected chi connectivity index (χ1v) is 22.6. The van der Waals surface area contributed by atoms with Gasteiger partial charge in [0.05, 0.1) is 16.6 Å². The first-order chi connectivity index (χ1) is 29.4. The van der Waals surface area contributed by atoms with E-state index in [1.54, 1.807) is 67.0 Å². The lowest BCUT2D eigenvalue weighted by Crippen LogP contribution is -2.40. The summed E-state index contributed by atoms with van der Waals surface area (Å²) in [5.74, 6) is -0.777. The third-order valence-electron chi connectivity index (χ3n) is 9.83. The number of hydrogen-bond donors (Lipinski definition) is 3. The summed E-state index contributed by atoms with van der Waals surface area (Å²) in [4.78, 5) is 79.1. The van der Waals surface area contributed by atoms with Crippen molar-refractivity contribution >= 4 is 89.9 Å². The van der Waals surface area contributed by atoms with E-state index in [0.29, 0.717) is 72.1 Å². The second-order valence-electron chi connectivity index (χ2n) is 19.9. The molecule has 2 atom stereocenters. The summed E-state index contributed by atoms with van der Waals surface area (Å²) in [5, 5.41) is 21.2. The number of hydrogen-bond acceptors (Lipinski definition) is 10. The highest BCUT2D eigenvalue weighted by molar-refractivity contribution is 9.10. The van der Waals surface area contributed by atoms with Crippen LogP contribution in [0.2, 0.25) is 0 Å². The number of nitrogens with zero attached hydrogens (tertiary/aromatic N) is 5. The highest BCUT2D eigenvalue weighted by Crippen LogP contribution is 2.36. The molecule has 2 fully saturated rings. The maximum absolute atomic E-state index is 13.5. The minimum Gasteiger partial charge on any atom is -0.464 e. The smallest absolute Gasteiger partial charge is 0.435 e. The minimum absolute atomic E-state index is 0.114. The van der Waals surface area contributed by atoms with Crippen molar-refractivity contribution in [3.63, 3.8) is 0 Å². The van der Waals surface area contributed by atoms with Crippen molar-refractivity contribution in [2.75, 3.05) is 26.2 Å². The van der Waals surface area contributed by atoms with E-state index in [9.17, 15) is 33.9 Å². The first-order valence-electron chi connectivity index (χ1n) is 21.0. The number of ether oxygens (including phenoxy) is 3. The fraction of sp³-hybridized carbons (Fsp3) is 0.533. The molecule has 0 radical (unpaired) electrons. The molecule has 64 heavy (non-hydrogen) atoms. The molecule has 2 unspecified atom stereocenters. The summed E-state index contributed by atoms with van der Waals surface area (Å²) < 4.78 is 20.0. The summed E-state index contributed by atoms with van der Waals surface area (Å²) in [6.45, 7) is 23.4. The van der Waals surface area contributed by atoms with Gasteiger partial charge in [0.25, 0.3) is 11.8 Å². The van der Waals surface area contributed by atoms with Gasteiger partial charge in [0.2, 0.25) is 0 Å². The lowest BCUT2D eigenvalue weighted by Gasteiger charge is -2.24. The van der Waals surface area contributed by atoms with Crippen LogP contribution in [0.4, 0.5) is 19.2 Å². The van der Waals surface area contributed by atoms with Crippen LogP contribution in [-0.2, 0) is 19.6 Å². The predicted octanol–water partition coefficient (Wildman–Crippen LogP) is 9.29. The van der Waals surface area contributed by atoms with Gasteiger partial charge in [-0.2, -0.15) is 9.78 Å². The number of benzene rings is 2. The number of halogens is 2. The molecule has 2 aromatic carbocycles. The van der Waals surface area contributed by atoms with Crippen LogP contribution in [0.15, 0.2) is 45.3 Å². The van der Waals surface area contributed by atoms with E-state index >= 15 is 0 Å². The van der Waals surface area contributed by atoms with Crippen LogP contribution in [-0.4, -0.2) is 121 Å². The zero-order valence-electron chi connectivity index (χ0n) is 38.5. The lowest BCUT2D eigenvalue weighted by atomic mass is 9.88. The van der Waals surface area contributed by atoms with Crippen molar-refractivity contribution in [1.82, 2.24) is 34.8 Å². The summed E-state index contributed by atoms with van der Waals surface area (Å²) in [5.41, 5.74) is -0.679. The van der Waals surface area contributed by atoms with Crippen molar-refractivity contribution in [3.05, 3.63) is 62.3 Å². The number of likely N-dealkylation sites (tertiary alicyclic amines) is 2.